The van der Waals surface area contributed by atoms with Crippen molar-refractivity contribution in [2.75, 3.05) is 0 Å². The van der Waals surface area contributed by atoms with Crippen LogP contribution >= 0.6 is 12.4 Å². The van der Waals surface area contributed by atoms with E-state index in [0.717, 1.165) is 28.6 Å². The minimum absolute atomic E-state index is 0. The quantitative estimate of drug-likeness (QED) is 0.811. The van der Waals surface area contributed by atoms with Gasteiger partial charge < -0.3 is 5.11 Å². The van der Waals surface area contributed by atoms with Crippen LogP contribution in [-0.2, 0) is 22.6 Å². The van der Waals surface area contributed by atoms with Gasteiger partial charge in [-0.2, -0.15) is 0 Å². The molecule has 0 amide bonds. The number of aromatic nitrogens is 1. The van der Waals surface area contributed by atoms with Crippen molar-refractivity contribution in [2.45, 2.75) is 19.0 Å². The molecule has 0 radical (unpaired) electrons. The van der Waals surface area contributed by atoms with Crippen molar-refractivity contribution < 1.29 is 14.7 Å². The fourth-order valence-corrected chi connectivity index (χ4v) is 2.60. The third-order valence-corrected chi connectivity index (χ3v) is 3.46. The standard InChI is InChI=1S/C13H12N2O3.ClH/c16-7-15-11-4-2-1-3-8(11)9-5-10(13(17)18)14-6-12(9)15;/h1-4,7,10,14H,5-6H2,(H,17,18);1H/t10-;/m0./s1. The third-order valence-electron chi connectivity index (χ3n) is 3.46. The lowest BCUT2D eigenvalue weighted by atomic mass is 9.99. The van der Waals surface area contributed by atoms with Crippen molar-refractivity contribution in [2.24, 2.45) is 0 Å². The van der Waals surface area contributed by atoms with Crippen LogP contribution in [-0.4, -0.2) is 28.1 Å². The number of hydrogen-bond donors (Lipinski definition) is 2. The Morgan fingerprint density at radius 1 is 1.42 bits per heavy atom. The van der Waals surface area contributed by atoms with E-state index >= 15 is 0 Å². The zero-order chi connectivity index (χ0) is 12.7. The number of halogens is 1. The Hall–Kier alpha value is -1.85. The monoisotopic (exact) mass is 280 g/mol. The minimum atomic E-state index is -0.858. The molecule has 2 N–H and O–H groups in total. The van der Waals surface area contributed by atoms with Gasteiger partial charge >= 0.3 is 5.97 Å². The summed E-state index contributed by atoms with van der Waals surface area (Å²) in [5, 5.41) is 13.0. The Kier molecular flexibility index (Phi) is 3.59. The molecule has 19 heavy (non-hydrogen) atoms. The van der Waals surface area contributed by atoms with Gasteiger partial charge in [0.1, 0.15) is 6.04 Å². The minimum Gasteiger partial charge on any atom is -0.480 e. The molecule has 3 rings (SSSR count). The average Bonchev–Trinajstić information content (AvgIpc) is 2.71. The SMILES string of the molecule is Cl.O=Cn1c2c(c3ccccc31)C[C@@H](C(=O)O)NC2. The van der Waals surface area contributed by atoms with Gasteiger partial charge in [0.05, 0.1) is 5.52 Å². The Morgan fingerprint density at radius 2 is 2.16 bits per heavy atom. The molecule has 0 unspecified atom stereocenters. The molecule has 0 aliphatic carbocycles. The predicted octanol–water partition coefficient (Wildman–Crippen LogP) is 1.20. The number of carboxylic acids is 1. The van der Waals surface area contributed by atoms with Crippen molar-refractivity contribution in [3.63, 3.8) is 0 Å². The lowest BCUT2D eigenvalue weighted by Gasteiger charge is -2.21. The van der Waals surface area contributed by atoms with Gasteiger partial charge in [-0.3, -0.25) is 19.5 Å². The van der Waals surface area contributed by atoms with E-state index in [9.17, 15) is 9.59 Å². The van der Waals surface area contributed by atoms with Crippen molar-refractivity contribution in [3.8, 4) is 0 Å². The van der Waals surface area contributed by atoms with Gasteiger partial charge in [-0.25, -0.2) is 0 Å². The fourth-order valence-electron chi connectivity index (χ4n) is 2.60. The molecule has 1 aliphatic rings. The largest absolute Gasteiger partial charge is 0.480 e. The van der Waals surface area contributed by atoms with E-state index in [1.165, 1.54) is 0 Å². The number of rotatable bonds is 2. The van der Waals surface area contributed by atoms with E-state index < -0.39 is 12.0 Å². The molecule has 6 heteroatoms. The van der Waals surface area contributed by atoms with Crippen LogP contribution in [0.1, 0.15) is 11.3 Å². The van der Waals surface area contributed by atoms with Gasteiger partial charge in [0.2, 0.25) is 6.41 Å². The normalized spacial score (nSPS) is 17.6. The molecule has 1 aromatic heterocycles. The molecule has 1 aromatic carbocycles. The van der Waals surface area contributed by atoms with E-state index in [1.54, 1.807) is 4.57 Å². The van der Waals surface area contributed by atoms with Crippen LogP contribution in [0.15, 0.2) is 24.3 Å². The van der Waals surface area contributed by atoms with Crippen LogP contribution in [0.3, 0.4) is 0 Å². The van der Waals surface area contributed by atoms with Crippen LogP contribution in [0, 0.1) is 0 Å². The van der Waals surface area contributed by atoms with Crippen LogP contribution in [0.5, 0.6) is 0 Å². The maximum absolute atomic E-state index is 11.2. The summed E-state index contributed by atoms with van der Waals surface area (Å²) >= 11 is 0. The zero-order valence-corrected chi connectivity index (χ0v) is 10.8. The lowest BCUT2D eigenvalue weighted by molar-refractivity contribution is -0.139. The smallest absolute Gasteiger partial charge is 0.321 e. The number of carboxylic acid groups (broad SMARTS) is 1. The predicted molar refractivity (Wildman–Crippen MR) is 73.3 cm³/mol. The number of aliphatic carboxylic acids is 1. The molecule has 0 fully saturated rings. The molecule has 0 saturated carbocycles. The van der Waals surface area contributed by atoms with Crippen LogP contribution in [0.25, 0.3) is 10.9 Å². The Morgan fingerprint density at radius 3 is 2.84 bits per heavy atom. The average molecular weight is 281 g/mol. The Bertz CT molecular complexity index is 651. The summed E-state index contributed by atoms with van der Waals surface area (Å²) in [6.45, 7) is 0.402. The second-order valence-electron chi connectivity index (χ2n) is 4.39. The van der Waals surface area contributed by atoms with Crippen LogP contribution in [0.2, 0.25) is 0 Å². The van der Waals surface area contributed by atoms with Crippen molar-refractivity contribution in [1.82, 2.24) is 9.88 Å². The first-order valence-electron chi connectivity index (χ1n) is 5.74. The first-order valence-corrected chi connectivity index (χ1v) is 5.74. The number of benzene rings is 1. The van der Waals surface area contributed by atoms with Crippen molar-refractivity contribution in [1.29, 1.82) is 0 Å². The summed E-state index contributed by atoms with van der Waals surface area (Å²) in [5.41, 5.74) is 2.66. The molecule has 1 atom stereocenters. The second kappa shape index (κ2) is 5.03. The highest BCUT2D eigenvalue weighted by Gasteiger charge is 2.28. The van der Waals surface area contributed by atoms with Gasteiger partial charge in [0, 0.05) is 24.0 Å². The summed E-state index contributed by atoms with van der Waals surface area (Å²) in [6.07, 6.45) is 1.19. The summed E-state index contributed by atoms with van der Waals surface area (Å²) in [4.78, 5) is 22.2. The maximum atomic E-state index is 11.2. The number of carbonyl (C=O) groups excluding carboxylic acids is 1. The van der Waals surface area contributed by atoms with Gasteiger partial charge in [0.15, 0.2) is 0 Å². The third kappa shape index (κ3) is 2.01. The molecular weight excluding hydrogens is 268 g/mol. The van der Waals surface area contributed by atoms with Crippen molar-refractivity contribution in [3.05, 3.63) is 35.5 Å². The molecule has 2 heterocycles. The number of carbonyl (C=O) groups is 2. The molecule has 0 spiro atoms. The lowest BCUT2D eigenvalue weighted by Crippen LogP contribution is -2.42. The zero-order valence-electron chi connectivity index (χ0n) is 10.00. The molecule has 1 aliphatic heterocycles. The number of nitrogens with zero attached hydrogens (tertiary/aromatic N) is 1. The number of hydrogen-bond acceptors (Lipinski definition) is 3. The van der Waals surface area contributed by atoms with Gasteiger partial charge in [-0.15, -0.1) is 12.4 Å². The van der Waals surface area contributed by atoms with E-state index in [0.29, 0.717) is 13.0 Å². The van der Waals surface area contributed by atoms with Gasteiger partial charge in [-0.05, 0) is 11.6 Å². The van der Waals surface area contributed by atoms with E-state index in [1.807, 2.05) is 24.3 Å². The Balaban J connectivity index is 0.00000133. The molecule has 100 valence electrons. The van der Waals surface area contributed by atoms with E-state index in [-0.39, 0.29) is 12.4 Å². The van der Waals surface area contributed by atoms with E-state index in [2.05, 4.69) is 5.32 Å². The molecule has 0 saturated heterocycles. The van der Waals surface area contributed by atoms with Crippen LogP contribution < -0.4 is 5.32 Å². The molecule has 5 nitrogen and oxygen atoms in total. The van der Waals surface area contributed by atoms with Crippen LogP contribution in [0.4, 0.5) is 0 Å². The first kappa shape index (κ1) is 13.6. The first-order chi connectivity index (χ1) is 8.72. The number of para-hydroxylation sites is 1. The molecule has 0 bridgehead atoms. The van der Waals surface area contributed by atoms with E-state index in [4.69, 9.17) is 5.11 Å². The summed E-state index contributed by atoms with van der Waals surface area (Å²) < 4.78 is 1.59. The maximum Gasteiger partial charge on any atom is 0.321 e. The van der Waals surface area contributed by atoms with Gasteiger partial charge in [0.25, 0.3) is 0 Å². The second-order valence-corrected chi connectivity index (χ2v) is 4.39. The topological polar surface area (TPSA) is 71.3 Å². The highest BCUT2D eigenvalue weighted by molar-refractivity contribution is 5.91. The highest BCUT2D eigenvalue weighted by atomic mass is 35.5. The Labute approximate surface area is 115 Å². The number of nitrogens with one attached hydrogen (secondary N) is 1. The van der Waals surface area contributed by atoms with Gasteiger partial charge in [-0.1, -0.05) is 18.2 Å². The summed E-state index contributed by atoms with van der Waals surface area (Å²) in [6, 6.07) is 6.99. The fraction of sp³-hybridized carbons (Fsp3) is 0.231. The number of fused-ring (bicyclic) bond motifs is 3. The van der Waals surface area contributed by atoms with Crippen molar-refractivity contribution >= 4 is 35.7 Å². The highest BCUT2D eigenvalue weighted by Crippen LogP contribution is 2.28. The molecule has 2 aromatic rings. The summed E-state index contributed by atoms with van der Waals surface area (Å²) in [7, 11) is 0. The summed E-state index contributed by atoms with van der Waals surface area (Å²) in [5.74, 6) is -0.858. The molecular formula is C13H13ClN2O3.